The maximum atomic E-state index is 13.5. The van der Waals surface area contributed by atoms with Crippen LogP contribution >= 0.6 is 0 Å². The molecule has 0 saturated carbocycles. The maximum Gasteiger partial charge on any atom is 0.325 e. The number of halogens is 1. The zero-order valence-electron chi connectivity index (χ0n) is 16.9. The highest BCUT2D eigenvalue weighted by Crippen LogP contribution is 2.35. The lowest BCUT2D eigenvalue weighted by Gasteiger charge is -2.38. The molecule has 2 fully saturated rings. The summed E-state index contributed by atoms with van der Waals surface area (Å²) in [5, 5.41) is 6.34. The molecule has 0 aliphatic carbocycles. The summed E-state index contributed by atoms with van der Waals surface area (Å²) < 4.78 is 18.8. The molecule has 1 aromatic carbocycles. The quantitative estimate of drug-likeness (QED) is 0.701. The molecule has 6 nitrogen and oxygen atoms in total. The van der Waals surface area contributed by atoms with E-state index in [4.69, 9.17) is 4.74 Å². The number of rotatable bonds is 7. The van der Waals surface area contributed by atoms with Gasteiger partial charge in [0, 0.05) is 20.1 Å². The molecule has 154 valence electrons. The predicted octanol–water partition coefficient (Wildman–Crippen LogP) is 2.47. The van der Waals surface area contributed by atoms with Gasteiger partial charge in [0.1, 0.15) is 11.4 Å². The third-order valence-electron chi connectivity index (χ3n) is 6.12. The van der Waals surface area contributed by atoms with Crippen LogP contribution in [-0.4, -0.2) is 54.7 Å². The van der Waals surface area contributed by atoms with Gasteiger partial charge in [-0.1, -0.05) is 12.1 Å². The average molecular weight is 391 g/mol. The van der Waals surface area contributed by atoms with Crippen LogP contribution in [0, 0.1) is 11.7 Å². The van der Waals surface area contributed by atoms with Gasteiger partial charge in [0.2, 0.25) is 0 Å². The number of methoxy groups -OCH3 is 1. The molecule has 2 aliphatic rings. The van der Waals surface area contributed by atoms with Crippen LogP contribution in [0.4, 0.5) is 9.18 Å². The second kappa shape index (κ2) is 8.17. The summed E-state index contributed by atoms with van der Waals surface area (Å²) in [6.07, 6.45) is 2.55. The monoisotopic (exact) mass is 391 g/mol. The SMILES string of the molecule is COC(C)(C)CCN1C(=O)N[C@](Cc2ccc(F)cc2)(C2CCNCC2)C1=O. The van der Waals surface area contributed by atoms with E-state index in [9.17, 15) is 14.0 Å². The first-order valence-electron chi connectivity index (χ1n) is 9.92. The Morgan fingerprint density at radius 1 is 1.21 bits per heavy atom. The van der Waals surface area contributed by atoms with Crippen molar-refractivity contribution in [1.29, 1.82) is 0 Å². The largest absolute Gasteiger partial charge is 0.379 e. The molecule has 0 radical (unpaired) electrons. The van der Waals surface area contributed by atoms with Crippen LogP contribution in [0.3, 0.4) is 0 Å². The summed E-state index contributed by atoms with van der Waals surface area (Å²) in [4.78, 5) is 27.6. The van der Waals surface area contributed by atoms with E-state index in [0.717, 1.165) is 31.5 Å². The fourth-order valence-corrected chi connectivity index (χ4v) is 4.11. The van der Waals surface area contributed by atoms with Gasteiger partial charge in [-0.3, -0.25) is 9.69 Å². The lowest BCUT2D eigenvalue weighted by atomic mass is 9.74. The first-order chi connectivity index (χ1) is 13.3. The van der Waals surface area contributed by atoms with Gasteiger partial charge in [-0.2, -0.15) is 0 Å². The number of carbonyl (C=O) groups excluding carboxylic acids is 2. The van der Waals surface area contributed by atoms with Crippen molar-refractivity contribution in [2.24, 2.45) is 5.92 Å². The number of hydrogen-bond donors (Lipinski definition) is 2. The van der Waals surface area contributed by atoms with Crippen molar-refractivity contribution >= 4 is 11.9 Å². The van der Waals surface area contributed by atoms with Gasteiger partial charge < -0.3 is 15.4 Å². The van der Waals surface area contributed by atoms with Crippen molar-refractivity contribution in [3.8, 4) is 0 Å². The molecule has 0 bridgehead atoms. The second-order valence-corrected chi connectivity index (χ2v) is 8.40. The fraction of sp³-hybridized carbons (Fsp3) is 0.619. The van der Waals surface area contributed by atoms with E-state index in [1.165, 1.54) is 17.0 Å². The molecule has 3 rings (SSSR count). The Morgan fingerprint density at radius 2 is 1.86 bits per heavy atom. The zero-order chi connectivity index (χ0) is 20.4. The summed E-state index contributed by atoms with van der Waals surface area (Å²) in [7, 11) is 1.62. The van der Waals surface area contributed by atoms with Crippen LogP contribution < -0.4 is 10.6 Å². The van der Waals surface area contributed by atoms with Gasteiger partial charge in [0.15, 0.2) is 0 Å². The zero-order valence-corrected chi connectivity index (χ0v) is 16.9. The smallest absolute Gasteiger partial charge is 0.325 e. The molecule has 3 amide bonds. The van der Waals surface area contributed by atoms with Crippen LogP contribution in [0.1, 0.15) is 38.7 Å². The third kappa shape index (κ3) is 4.20. The Morgan fingerprint density at radius 3 is 2.46 bits per heavy atom. The van der Waals surface area contributed by atoms with Crippen molar-refractivity contribution < 1.29 is 18.7 Å². The molecule has 2 aliphatic heterocycles. The summed E-state index contributed by atoms with van der Waals surface area (Å²) in [5.74, 6) is -0.457. The molecular weight excluding hydrogens is 361 g/mol. The van der Waals surface area contributed by atoms with Crippen molar-refractivity contribution in [3.05, 3.63) is 35.6 Å². The van der Waals surface area contributed by atoms with E-state index in [2.05, 4.69) is 10.6 Å². The van der Waals surface area contributed by atoms with Gasteiger partial charge >= 0.3 is 6.03 Å². The van der Waals surface area contributed by atoms with Crippen LogP contribution in [0.5, 0.6) is 0 Å². The van der Waals surface area contributed by atoms with E-state index in [-0.39, 0.29) is 23.7 Å². The van der Waals surface area contributed by atoms with Gasteiger partial charge in [-0.05, 0) is 69.8 Å². The molecular formula is C21H30FN3O3. The number of carbonyl (C=O) groups is 2. The van der Waals surface area contributed by atoms with E-state index in [0.29, 0.717) is 19.4 Å². The fourth-order valence-electron chi connectivity index (χ4n) is 4.11. The molecule has 28 heavy (non-hydrogen) atoms. The standard InChI is InChI=1S/C21H30FN3O3/c1-20(2,28-3)10-13-25-18(26)21(24-19(25)27,16-8-11-23-12-9-16)14-15-4-6-17(22)7-5-15/h4-7,16,23H,8-14H2,1-3H3,(H,24,27)/t21-/m1/s1. The summed E-state index contributed by atoms with van der Waals surface area (Å²) in [6.45, 7) is 5.81. The summed E-state index contributed by atoms with van der Waals surface area (Å²) >= 11 is 0. The minimum absolute atomic E-state index is 0.0377. The van der Waals surface area contributed by atoms with E-state index in [1.807, 2.05) is 13.8 Å². The summed E-state index contributed by atoms with van der Waals surface area (Å²) in [6, 6.07) is 5.82. The second-order valence-electron chi connectivity index (χ2n) is 8.40. The van der Waals surface area contributed by atoms with Crippen LogP contribution in [0.15, 0.2) is 24.3 Å². The highest BCUT2D eigenvalue weighted by atomic mass is 19.1. The van der Waals surface area contributed by atoms with E-state index >= 15 is 0 Å². The van der Waals surface area contributed by atoms with Gasteiger partial charge in [0.05, 0.1) is 5.60 Å². The molecule has 7 heteroatoms. The predicted molar refractivity (Wildman–Crippen MR) is 104 cm³/mol. The van der Waals surface area contributed by atoms with E-state index in [1.54, 1.807) is 19.2 Å². The van der Waals surface area contributed by atoms with Gasteiger partial charge in [-0.25, -0.2) is 9.18 Å². The molecule has 2 N–H and O–H groups in total. The Balaban J connectivity index is 1.87. The maximum absolute atomic E-state index is 13.5. The number of urea groups is 1. The van der Waals surface area contributed by atoms with Crippen molar-refractivity contribution in [1.82, 2.24) is 15.5 Å². The molecule has 2 heterocycles. The molecule has 0 unspecified atom stereocenters. The van der Waals surface area contributed by atoms with Crippen LogP contribution in [0.25, 0.3) is 0 Å². The Bertz CT molecular complexity index is 716. The normalized spacial score (nSPS) is 23.9. The Kier molecular flexibility index (Phi) is 6.05. The Labute approximate surface area is 165 Å². The van der Waals surface area contributed by atoms with Crippen LogP contribution in [0.2, 0.25) is 0 Å². The van der Waals surface area contributed by atoms with Crippen molar-refractivity contribution in [2.75, 3.05) is 26.7 Å². The van der Waals surface area contributed by atoms with Crippen molar-refractivity contribution in [2.45, 2.75) is 50.7 Å². The number of piperidine rings is 1. The van der Waals surface area contributed by atoms with Gasteiger partial charge in [-0.15, -0.1) is 0 Å². The lowest BCUT2D eigenvalue weighted by Crippen LogP contribution is -2.57. The minimum Gasteiger partial charge on any atom is -0.379 e. The number of nitrogens with zero attached hydrogens (tertiary/aromatic N) is 1. The number of nitrogens with one attached hydrogen (secondary N) is 2. The molecule has 0 spiro atoms. The first kappa shape index (κ1) is 20.7. The molecule has 0 aromatic heterocycles. The number of hydrogen-bond acceptors (Lipinski definition) is 4. The molecule has 2 saturated heterocycles. The lowest BCUT2D eigenvalue weighted by molar-refractivity contribution is -0.134. The average Bonchev–Trinajstić information content (AvgIpc) is 2.93. The highest BCUT2D eigenvalue weighted by molar-refractivity contribution is 6.07. The number of benzene rings is 1. The summed E-state index contributed by atoms with van der Waals surface area (Å²) in [5.41, 5.74) is -0.557. The minimum atomic E-state index is -0.978. The molecule has 1 atom stereocenters. The van der Waals surface area contributed by atoms with E-state index < -0.39 is 11.1 Å². The third-order valence-corrected chi connectivity index (χ3v) is 6.12. The number of ether oxygens (including phenoxy) is 1. The molecule has 1 aromatic rings. The highest BCUT2D eigenvalue weighted by Gasteiger charge is 2.55. The van der Waals surface area contributed by atoms with Crippen LogP contribution in [-0.2, 0) is 16.0 Å². The van der Waals surface area contributed by atoms with Gasteiger partial charge in [0.25, 0.3) is 5.91 Å². The number of amides is 3. The first-order valence-corrected chi connectivity index (χ1v) is 9.92. The Hall–Kier alpha value is -1.99. The number of imide groups is 1. The van der Waals surface area contributed by atoms with Crippen molar-refractivity contribution in [3.63, 3.8) is 0 Å². The topological polar surface area (TPSA) is 70.7 Å².